The number of hydrogen-bond acceptors (Lipinski definition) is 5. The number of nitriles is 1. The molecule has 1 N–H and O–H groups in total. The molecule has 2 fully saturated rings. The highest BCUT2D eigenvalue weighted by molar-refractivity contribution is 5.94. The standard InChI is InChI=1S/C20H22N6O2/c1-12-13(11-21)3-7-16(23-12)24-20(28)15-6-8-17(27)26(14-4-5-14)18(15)19-22-9-10-25(19)2/h3,7,9-10,14-15,18H,4-6,8H2,1-2H3,(H,23,24,28)/t15-,18-/m0/s1. The molecule has 1 saturated carbocycles. The molecule has 2 aromatic rings. The first kappa shape index (κ1) is 18.2. The number of pyridine rings is 1. The highest BCUT2D eigenvalue weighted by atomic mass is 16.2. The van der Waals surface area contributed by atoms with Crippen molar-refractivity contribution < 1.29 is 9.59 Å². The molecule has 8 nitrogen and oxygen atoms in total. The average Bonchev–Trinajstić information content (AvgIpc) is 3.42. The van der Waals surface area contributed by atoms with Crippen molar-refractivity contribution in [1.82, 2.24) is 19.4 Å². The van der Waals surface area contributed by atoms with Crippen LogP contribution >= 0.6 is 0 Å². The normalized spacial score (nSPS) is 22.0. The van der Waals surface area contributed by atoms with E-state index in [1.807, 2.05) is 22.7 Å². The third-order valence-electron chi connectivity index (χ3n) is 5.50. The number of aryl methyl sites for hydroxylation is 2. The minimum Gasteiger partial charge on any atom is -0.336 e. The Kier molecular flexibility index (Phi) is 4.59. The molecule has 0 spiro atoms. The second-order valence-electron chi connectivity index (χ2n) is 7.45. The summed E-state index contributed by atoms with van der Waals surface area (Å²) < 4.78 is 1.88. The average molecular weight is 378 g/mol. The van der Waals surface area contributed by atoms with Crippen molar-refractivity contribution in [3.05, 3.63) is 41.6 Å². The predicted molar refractivity (Wildman–Crippen MR) is 101 cm³/mol. The van der Waals surface area contributed by atoms with Crippen LogP contribution in [0.15, 0.2) is 24.5 Å². The first-order chi connectivity index (χ1) is 13.5. The van der Waals surface area contributed by atoms with E-state index < -0.39 is 5.92 Å². The van der Waals surface area contributed by atoms with Crippen LogP contribution in [0, 0.1) is 24.2 Å². The summed E-state index contributed by atoms with van der Waals surface area (Å²) in [6, 6.07) is 5.16. The number of imidazole rings is 1. The number of carbonyl (C=O) groups is 2. The van der Waals surface area contributed by atoms with Gasteiger partial charge in [-0.05, 0) is 38.3 Å². The lowest BCUT2D eigenvalue weighted by Gasteiger charge is -2.40. The van der Waals surface area contributed by atoms with Crippen LogP contribution < -0.4 is 5.32 Å². The fourth-order valence-electron chi connectivity index (χ4n) is 3.91. The molecule has 1 aliphatic heterocycles. The van der Waals surface area contributed by atoms with Crippen molar-refractivity contribution in [2.45, 2.75) is 44.7 Å². The van der Waals surface area contributed by atoms with Crippen LogP contribution in [0.4, 0.5) is 5.82 Å². The van der Waals surface area contributed by atoms with E-state index >= 15 is 0 Å². The summed E-state index contributed by atoms with van der Waals surface area (Å²) in [7, 11) is 1.88. The number of amides is 2. The summed E-state index contributed by atoms with van der Waals surface area (Å²) in [5, 5.41) is 11.9. The third kappa shape index (κ3) is 3.24. The maximum atomic E-state index is 13.2. The van der Waals surface area contributed by atoms with Crippen LogP contribution in [0.25, 0.3) is 0 Å². The van der Waals surface area contributed by atoms with Gasteiger partial charge in [-0.15, -0.1) is 0 Å². The maximum Gasteiger partial charge on any atom is 0.231 e. The zero-order valence-electron chi connectivity index (χ0n) is 15.9. The van der Waals surface area contributed by atoms with Crippen molar-refractivity contribution in [2.24, 2.45) is 13.0 Å². The van der Waals surface area contributed by atoms with Crippen molar-refractivity contribution in [2.75, 3.05) is 5.32 Å². The van der Waals surface area contributed by atoms with Crippen LogP contribution in [0.3, 0.4) is 0 Å². The molecule has 2 amide bonds. The maximum absolute atomic E-state index is 13.2. The molecule has 8 heteroatoms. The smallest absolute Gasteiger partial charge is 0.231 e. The quantitative estimate of drug-likeness (QED) is 0.877. The van der Waals surface area contributed by atoms with E-state index in [1.165, 1.54) is 0 Å². The van der Waals surface area contributed by atoms with Gasteiger partial charge in [0.2, 0.25) is 11.8 Å². The fourth-order valence-corrected chi connectivity index (χ4v) is 3.91. The lowest BCUT2D eigenvalue weighted by Crippen LogP contribution is -2.48. The van der Waals surface area contributed by atoms with Crippen LogP contribution in [-0.4, -0.2) is 37.3 Å². The van der Waals surface area contributed by atoms with Crippen LogP contribution in [-0.2, 0) is 16.6 Å². The first-order valence-electron chi connectivity index (χ1n) is 9.46. The van der Waals surface area contributed by atoms with E-state index in [0.29, 0.717) is 29.9 Å². The van der Waals surface area contributed by atoms with E-state index in [9.17, 15) is 9.59 Å². The number of piperidine rings is 1. The number of carbonyl (C=O) groups excluding carboxylic acids is 2. The van der Waals surface area contributed by atoms with Gasteiger partial charge in [-0.3, -0.25) is 9.59 Å². The van der Waals surface area contributed by atoms with Crippen LogP contribution in [0.2, 0.25) is 0 Å². The summed E-state index contributed by atoms with van der Waals surface area (Å²) in [5.74, 6) is 0.644. The van der Waals surface area contributed by atoms with Crippen molar-refractivity contribution >= 4 is 17.6 Å². The minimum absolute atomic E-state index is 0.0897. The molecule has 1 saturated heterocycles. The Morgan fingerprint density at radius 2 is 2.11 bits per heavy atom. The lowest BCUT2D eigenvalue weighted by molar-refractivity contribution is -0.143. The van der Waals surface area contributed by atoms with Gasteiger partial charge in [0.05, 0.1) is 17.2 Å². The molecule has 1 aliphatic carbocycles. The molecule has 3 heterocycles. The summed E-state index contributed by atoms with van der Waals surface area (Å²) >= 11 is 0. The van der Waals surface area contributed by atoms with E-state index in [1.54, 1.807) is 25.3 Å². The SMILES string of the molecule is Cc1nc(NC(=O)[C@H]2CCC(=O)N(C3CC3)[C@@H]2c2nccn2C)ccc1C#N. The van der Waals surface area contributed by atoms with Crippen LogP contribution in [0.5, 0.6) is 0 Å². The zero-order chi connectivity index (χ0) is 19.8. The molecular weight excluding hydrogens is 356 g/mol. The zero-order valence-corrected chi connectivity index (χ0v) is 15.9. The highest BCUT2D eigenvalue weighted by Crippen LogP contribution is 2.43. The largest absolute Gasteiger partial charge is 0.336 e. The van der Waals surface area contributed by atoms with E-state index in [0.717, 1.165) is 18.7 Å². The minimum atomic E-state index is -0.405. The number of nitrogens with one attached hydrogen (secondary N) is 1. The van der Waals surface area contributed by atoms with Gasteiger partial charge in [0, 0.05) is 31.9 Å². The van der Waals surface area contributed by atoms with Gasteiger partial charge in [-0.2, -0.15) is 5.26 Å². The molecule has 0 bridgehead atoms. The van der Waals surface area contributed by atoms with Crippen molar-refractivity contribution in [3.63, 3.8) is 0 Å². The van der Waals surface area contributed by atoms with Crippen molar-refractivity contribution in [1.29, 1.82) is 5.26 Å². The second-order valence-corrected chi connectivity index (χ2v) is 7.45. The van der Waals surface area contributed by atoms with E-state index in [-0.39, 0.29) is 23.9 Å². The number of nitrogens with zero attached hydrogens (tertiary/aromatic N) is 5. The summed E-state index contributed by atoms with van der Waals surface area (Å²) in [5.41, 5.74) is 1.05. The Labute approximate surface area is 163 Å². The Morgan fingerprint density at radius 1 is 1.32 bits per heavy atom. The van der Waals surface area contributed by atoms with Gasteiger partial charge in [-0.25, -0.2) is 9.97 Å². The number of aromatic nitrogens is 3. The van der Waals surface area contributed by atoms with Gasteiger partial charge < -0.3 is 14.8 Å². The summed E-state index contributed by atoms with van der Waals surface area (Å²) in [6.07, 6.45) is 6.30. The molecule has 4 rings (SSSR count). The monoisotopic (exact) mass is 378 g/mol. The topological polar surface area (TPSA) is 104 Å². The summed E-state index contributed by atoms with van der Waals surface area (Å²) in [4.78, 5) is 36.4. The lowest BCUT2D eigenvalue weighted by atomic mass is 9.86. The van der Waals surface area contributed by atoms with Crippen molar-refractivity contribution in [3.8, 4) is 6.07 Å². The molecule has 0 aromatic carbocycles. The Bertz CT molecular complexity index is 971. The molecule has 0 unspecified atom stereocenters. The number of rotatable bonds is 4. The molecule has 144 valence electrons. The summed E-state index contributed by atoms with van der Waals surface area (Å²) in [6.45, 7) is 1.74. The number of hydrogen-bond donors (Lipinski definition) is 1. The van der Waals surface area contributed by atoms with Gasteiger partial charge in [0.15, 0.2) is 0 Å². The van der Waals surface area contributed by atoms with Gasteiger partial charge in [0.1, 0.15) is 23.8 Å². The number of anilines is 1. The molecule has 2 aromatic heterocycles. The molecule has 0 radical (unpaired) electrons. The van der Waals surface area contributed by atoms with Gasteiger partial charge >= 0.3 is 0 Å². The second kappa shape index (κ2) is 7.08. The third-order valence-corrected chi connectivity index (χ3v) is 5.50. The number of likely N-dealkylation sites (tertiary alicyclic amines) is 1. The Hall–Kier alpha value is -3.21. The van der Waals surface area contributed by atoms with E-state index in [4.69, 9.17) is 5.26 Å². The fraction of sp³-hybridized carbons (Fsp3) is 0.450. The molecule has 2 aliphatic rings. The van der Waals surface area contributed by atoms with Crippen LogP contribution in [0.1, 0.15) is 48.8 Å². The first-order valence-corrected chi connectivity index (χ1v) is 9.46. The predicted octanol–water partition coefficient (Wildman–Crippen LogP) is 2.08. The highest BCUT2D eigenvalue weighted by Gasteiger charge is 2.48. The van der Waals surface area contributed by atoms with Gasteiger partial charge in [0.25, 0.3) is 0 Å². The van der Waals surface area contributed by atoms with E-state index in [2.05, 4.69) is 21.4 Å². The Morgan fingerprint density at radius 3 is 2.71 bits per heavy atom. The van der Waals surface area contributed by atoms with Gasteiger partial charge in [-0.1, -0.05) is 0 Å². The molecule has 2 atom stereocenters. The molecule has 28 heavy (non-hydrogen) atoms. The Balaban J connectivity index is 1.63. The molecular formula is C20H22N6O2.